The van der Waals surface area contributed by atoms with Gasteiger partial charge in [-0.3, -0.25) is 9.98 Å². The quantitative estimate of drug-likeness (QED) is 0.434. The van der Waals surface area contributed by atoms with Gasteiger partial charge in [-0.1, -0.05) is 6.07 Å². The van der Waals surface area contributed by atoms with E-state index >= 15 is 0 Å². The third kappa shape index (κ3) is 5.88. The highest BCUT2D eigenvalue weighted by molar-refractivity contribution is 14.0. The molecule has 5 nitrogen and oxygen atoms in total. The second-order valence-electron chi connectivity index (χ2n) is 4.67. The molecular formula is C15H22IN5S. The van der Waals surface area contributed by atoms with E-state index in [-0.39, 0.29) is 24.0 Å². The Balaban J connectivity index is 0.00000242. The number of aryl methyl sites for hydroxylation is 2. The Morgan fingerprint density at radius 3 is 2.68 bits per heavy atom. The summed E-state index contributed by atoms with van der Waals surface area (Å²) in [6.07, 6.45) is 2.69. The van der Waals surface area contributed by atoms with Crippen LogP contribution in [0.25, 0.3) is 0 Å². The second kappa shape index (κ2) is 9.73. The molecule has 2 N–H and O–H groups in total. The van der Waals surface area contributed by atoms with Crippen LogP contribution in [0.5, 0.6) is 0 Å². The molecule has 7 heteroatoms. The van der Waals surface area contributed by atoms with Crippen molar-refractivity contribution in [1.29, 1.82) is 0 Å². The van der Waals surface area contributed by atoms with Gasteiger partial charge in [0.1, 0.15) is 5.01 Å². The molecule has 0 fully saturated rings. The molecule has 2 rings (SSSR count). The van der Waals surface area contributed by atoms with Crippen LogP contribution < -0.4 is 10.6 Å². The van der Waals surface area contributed by atoms with Crippen LogP contribution in [0.2, 0.25) is 0 Å². The van der Waals surface area contributed by atoms with E-state index in [0.29, 0.717) is 6.54 Å². The molecule has 0 atom stereocenters. The summed E-state index contributed by atoms with van der Waals surface area (Å²) in [4.78, 5) is 14.3. The molecule has 0 amide bonds. The maximum absolute atomic E-state index is 4.51. The Morgan fingerprint density at radius 2 is 2.09 bits per heavy atom. The lowest BCUT2D eigenvalue weighted by molar-refractivity contribution is 0.781. The fourth-order valence-corrected chi connectivity index (χ4v) is 2.72. The van der Waals surface area contributed by atoms with Crippen molar-refractivity contribution in [2.24, 2.45) is 4.99 Å². The van der Waals surface area contributed by atoms with Gasteiger partial charge in [0, 0.05) is 36.8 Å². The topological polar surface area (TPSA) is 62.2 Å². The number of guanidine groups is 1. The predicted octanol–water partition coefficient (Wildman–Crippen LogP) is 2.68. The van der Waals surface area contributed by atoms with Gasteiger partial charge in [0.15, 0.2) is 5.96 Å². The van der Waals surface area contributed by atoms with E-state index in [1.165, 1.54) is 4.88 Å². The van der Waals surface area contributed by atoms with Gasteiger partial charge >= 0.3 is 0 Å². The van der Waals surface area contributed by atoms with E-state index in [9.17, 15) is 0 Å². The summed E-state index contributed by atoms with van der Waals surface area (Å²) in [5.41, 5.74) is 2.18. The number of nitrogens with one attached hydrogen (secondary N) is 2. The van der Waals surface area contributed by atoms with E-state index in [4.69, 9.17) is 0 Å². The summed E-state index contributed by atoms with van der Waals surface area (Å²) in [5, 5.41) is 7.65. The number of aromatic nitrogens is 2. The number of hydrogen-bond donors (Lipinski definition) is 2. The fraction of sp³-hybridized carbons (Fsp3) is 0.400. The van der Waals surface area contributed by atoms with Crippen LogP contribution in [0.1, 0.15) is 21.3 Å². The van der Waals surface area contributed by atoms with Crippen molar-refractivity contribution in [1.82, 2.24) is 20.6 Å². The minimum Gasteiger partial charge on any atom is -0.356 e. The van der Waals surface area contributed by atoms with Crippen LogP contribution in [0.4, 0.5) is 0 Å². The van der Waals surface area contributed by atoms with Crippen LogP contribution in [-0.2, 0) is 13.0 Å². The first-order chi connectivity index (χ1) is 10.2. The predicted molar refractivity (Wildman–Crippen MR) is 103 cm³/mol. The van der Waals surface area contributed by atoms with Crippen molar-refractivity contribution >= 4 is 41.3 Å². The normalized spacial score (nSPS) is 11.0. The second-order valence-corrected chi connectivity index (χ2v) is 5.96. The van der Waals surface area contributed by atoms with E-state index in [0.717, 1.165) is 35.3 Å². The molecule has 120 valence electrons. The molecular weight excluding hydrogens is 409 g/mol. The molecule has 0 aliphatic heterocycles. The minimum absolute atomic E-state index is 0. The number of halogens is 1. The van der Waals surface area contributed by atoms with Crippen LogP contribution >= 0.6 is 35.3 Å². The zero-order valence-corrected chi connectivity index (χ0v) is 16.2. The van der Waals surface area contributed by atoms with Gasteiger partial charge in [0.25, 0.3) is 0 Å². The summed E-state index contributed by atoms with van der Waals surface area (Å²) < 4.78 is 0. The molecule has 0 aliphatic carbocycles. The fourth-order valence-electron chi connectivity index (χ4n) is 1.85. The average Bonchev–Trinajstić information content (AvgIpc) is 2.82. The van der Waals surface area contributed by atoms with Crippen LogP contribution in [-0.4, -0.2) is 29.5 Å². The lowest BCUT2D eigenvalue weighted by Crippen LogP contribution is -2.37. The van der Waals surface area contributed by atoms with Gasteiger partial charge in [0.2, 0.25) is 0 Å². The number of thiazole rings is 1. The standard InChI is InChI=1S/C15H21N5S.HI/c1-11-12(2)21-14(20-11)10-19-15(16-3)18-9-7-13-6-4-5-8-17-13;/h4-6,8H,7,9-10H2,1-3H3,(H2,16,18,19);1H. The summed E-state index contributed by atoms with van der Waals surface area (Å²) in [6, 6.07) is 5.96. The van der Waals surface area contributed by atoms with Gasteiger partial charge in [0.05, 0.1) is 12.2 Å². The minimum atomic E-state index is 0. The number of aliphatic imine (C=N–C) groups is 1. The largest absolute Gasteiger partial charge is 0.356 e. The van der Waals surface area contributed by atoms with Gasteiger partial charge in [-0.2, -0.15) is 0 Å². The first kappa shape index (κ1) is 18.8. The first-order valence-electron chi connectivity index (χ1n) is 6.96. The van der Waals surface area contributed by atoms with Crippen LogP contribution in [0, 0.1) is 13.8 Å². The third-order valence-electron chi connectivity index (χ3n) is 3.10. The monoisotopic (exact) mass is 431 g/mol. The molecule has 0 saturated heterocycles. The summed E-state index contributed by atoms with van der Waals surface area (Å²) in [5.74, 6) is 0.788. The summed E-state index contributed by atoms with van der Waals surface area (Å²) >= 11 is 1.72. The van der Waals surface area contributed by atoms with Crippen LogP contribution in [0.15, 0.2) is 29.4 Å². The molecule has 0 saturated carbocycles. The number of rotatable bonds is 5. The van der Waals surface area contributed by atoms with Crippen molar-refractivity contribution in [2.45, 2.75) is 26.8 Å². The lowest BCUT2D eigenvalue weighted by Gasteiger charge is -2.10. The van der Waals surface area contributed by atoms with Crippen molar-refractivity contribution in [3.63, 3.8) is 0 Å². The van der Waals surface area contributed by atoms with Crippen molar-refractivity contribution in [3.05, 3.63) is 45.7 Å². The smallest absolute Gasteiger partial charge is 0.191 e. The summed E-state index contributed by atoms with van der Waals surface area (Å²) in [6.45, 7) is 5.63. The van der Waals surface area contributed by atoms with E-state index in [2.05, 4.69) is 32.5 Å². The average molecular weight is 431 g/mol. The molecule has 0 aliphatic rings. The maximum atomic E-state index is 4.51. The van der Waals surface area contributed by atoms with Crippen LogP contribution in [0.3, 0.4) is 0 Å². The highest BCUT2D eigenvalue weighted by atomic mass is 127. The Morgan fingerprint density at radius 1 is 1.27 bits per heavy atom. The van der Waals surface area contributed by atoms with Gasteiger partial charge in [-0.05, 0) is 26.0 Å². The highest BCUT2D eigenvalue weighted by Crippen LogP contribution is 2.15. The molecule has 0 aromatic carbocycles. The molecule has 0 spiro atoms. The zero-order chi connectivity index (χ0) is 15.1. The Bertz CT molecular complexity index is 578. The Labute approximate surface area is 152 Å². The molecule has 0 bridgehead atoms. The Kier molecular flexibility index (Phi) is 8.32. The molecule has 2 heterocycles. The van der Waals surface area contributed by atoms with E-state index in [1.54, 1.807) is 18.4 Å². The van der Waals surface area contributed by atoms with Gasteiger partial charge < -0.3 is 10.6 Å². The molecule has 2 aromatic heterocycles. The molecule has 22 heavy (non-hydrogen) atoms. The Hall–Kier alpha value is -1.22. The van der Waals surface area contributed by atoms with Gasteiger partial charge in [-0.15, -0.1) is 35.3 Å². The first-order valence-corrected chi connectivity index (χ1v) is 7.78. The number of nitrogens with zero attached hydrogens (tertiary/aromatic N) is 3. The number of pyridine rings is 1. The molecule has 2 aromatic rings. The maximum Gasteiger partial charge on any atom is 0.191 e. The highest BCUT2D eigenvalue weighted by Gasteiger charge is 2.04. The molecule has 0 unspecified atom stereocenters. The summed E-state index contributed by atoms with van der Waals surface area (Å²) in [7, 11) is 1.77. The van der Waals surface area contributed by atoms with Crippen molar-refractivity contribution < 1.29 is 0 Å². The van der Waals surface area contributed by atoms with Crippen molar-refractivity contribution in [3.8, 4) is 0 Å². The SMILES string of the molecule is CN=C(NCCc1ccccn1)NCc1nc(C)c(C)s1.I. The van der Waals surface area contributed by atoms with E-state index < -0.39 is 0 Å². The zero-order valence-electron chi connectivity index (χ0n) is 13.1. The number of hydrogen-bond acceptors (Lipinski definition) is 4. The van der Waals surface area contributed by atoms with Gasteiger partial charge in [-0.25, -0.2) is 4.98 Å². The van der Waals surface area contributed by atoms with E-state index in [1.807, 2.05) is 31.3 Å². The third-order valence-corrected chi connectivity index (χ3v) is 4.18. The van der Waals surface area contributed by atoms with Crippen molar-refractivity contribution in [2.75, 3.05) is 13.6 Å². The lowest BCUT2D eigenvalue weighted by atomic mass is 10.3. The molecule has 0 radical (unpaired) electrons.